The quantitative estimate of drug-likeness (QED) is 0.932. The van der Waals surface area contributed by atoms with Crippen molar-refractivity contribution in [2.24, 2.45) is 5.73 Å². The van der Waals surface area contributed by atoms with Crippen molar-refractivity contribution in [2.45, 2.75) is 31.7 Å². The largest absolute Gasteiger partial charge is 0.496 e. The summed E-state index contributed by atoms with van der Waals surface area (Å²) >= 11 is 0. The van der Waals surface area contributed by atoms with Crippen LogP contribution in [0.5, 0.6) is 5.75 Å². The standard InChI is InChI=1S/C18H20FNO/c1-21-17-7-3-6-15(19)18(17)16(20)11-12-8-9-13-4-2-5-14(13)10-12/h3,6-10,16H,2,4-5,11,20H2,1H3. The number of benzene rings is 2. The molecule has 1 aliphatic carbocycles. The molecule has 0 fully saturated rings. The Morgan fingerprint density at radius 3 is 2.81 bits per heavy atom. The maximum atomic E-state index is 14.0. The molecule has 110 valence electrons. The van der Waals surface area contributed by atoms with Crippen molar-refractivity contribution in [1.29, 1.82) is 0 Å². The van der Waals surface area contributed by atoms with Gasteiger partial charge in [-0.25, -0.2) is 4.39 Å². The summed E-state index contributed by atoms with van der Waals surface area (Å²) in [5, 5.41) is 0. The van der Waals surface area contributed by atoms with Gasteiger partial charge in [-0.05, 0) is 54.5 Å². The van der Waals surface area contributed by atoms with E-state index in [4.69, 9.17) is 10.5 Å². The maximum absolute atomic E-state index is 14.0. The maximum Gasteiger partial charge on any atom is 0.131 e. The van der Waals surface area contributed by atoms with Crippen molar-refractivity contribution in [2.75, 3.05) is 7.11 Å². The molecule has 0 aromatic heterocycles. The summed E-state index contributed by atoms with van der Waals surface area (Å²) in [6.07, 6.45) is 4.15. The SMILES string of the molecule is COc1cccc(F)c1C(N)Cc1ccc2c(c1)CCC2. The molecule has 2 N–H and O–H groups in total. The smallest absolute Gasteiger partial charge is 0.131 e. The van der Waals surface area contributed by atoms with E-state index in [1.807, 2.05) is 0 Å². The summed E-state index contributed by atoms with van der Waals surface area (Å²) < 4.78 is 19.3. The third-order valence-corrected chi connectivity index (χ3v) is 4.22. The number of nitrogens with two attached hydrogens (primary N) is 1. The minimum Gasteiger partial charge on any atom is -0.496 e. The molecule has 21 heavy (non-hydrogen) atoms. The number of fused-ring (bicyclic) bond motifs is 1. The lowest BCUT2D eigenvalue weighted by atomic mass is 9.96. The van der Waals surface area contributed by atoms with E-state index in [0.717, 1.165) is 12.0 Å². The molecule has 0 radical (unpaired) electrons. The van der Waals surface area contributed by atoms with Crippen molar-refractivity contribution in [3.8, 4) is 5.75 Å². The zero-order valence-corrected chi connectivity index (χ0v) is 12.2. The second-order valence-electron chi connectivity index (χ2n) is 5.62. The topological polar surface area (TPSA) is 35.2 Å². The van der Waals surface area contributed by atoms with Crippen LogP contribution in [0.15, 0.2) is 36.4 Å². The zero-order valence-electron chi connectivity index (χ0n) is 12.2. The molecule has 0 saturated carbocycles. The van der Waals surface area contributed by atoms with Gasteiger partial charge in [0, 0.05) is 11.6 Å². The Morgan fingerprint density at radius 2 is 2.00 bits per heavy atom. The normalized spacial score (nSPS) is 14.8. The summed E-state index contributed by atoms with van der Waals surface area (Å²) in [5.41, 5.74) is 10.7. The average Bonchev–Trinajstić information content (AvgIpc) is 2.94. The van der Waals surface area contributed by atoms with Gasteiger partial charge in [0.05, 0.1) is 7.11 Å². The highest BCUT2D eigenvalue weighted by Crippen LogP contribution is 2.30. The molecule has 0 saturated heterocycles. The van der Waals surface area contributed by atoms with E-state index >= 15 is 0 Å². The third-order valence-electron chi connectivity index (χ3n) is 4.22. The second-order valence-corrected chi connectivity index (χ2v) is 5.62. The fourth-order valence-electron chi connectivity index (χ4n) is 3.16. The molecule has 0 amide bonds. The predicted octanol–water partition coefficient (Wildman–Crippen LogP) is 3.57. The Balaban J connectivity index is 1.85. The van der Waals surface area contributed by atoms with Crippen LogP contribution in [0, 0.1) is 5.82 Å². The van der Waals surface area contributed by atoms with Crippen LogP contribution in [0.2, 0.25) is 0 Å². The highest BCUT2D eigenvalue weighted by atomic mass is 19.1. The minimum atomic E-state index is -0.402. The monoisotopic (exact) mass is 285 g/mol. The molecule has 0 heterocycles. The first-order valence-electron chi connectivity index (χ1n) is 7.37. The van der Waals surface area contributed by atoms with Gasteiger partial charge in [0.25, 0.3) is 0 Å². The number of halogens is 1. The lowest BCUT2D eigenvalue weighted by Gasteiger charge is -2.17. The summed E-state index contributed by atoms with van der Waals surface area (Å²) in [7, 11) is 1.54. The van der Waals surface area contributed by atoms with Gasteiger partial charge in [-0.1, -0.05) is 24.3 Å². The summed E-state index contributed by atoms with van der Waals surface area (Å²) in [6, 6.07) is 10.9. The van der Waals surface area contributed by atoms with Crippen molar-refractivity contribution in [1.82, 2.24) is 0 Å². The molecular formula is C18H20FNO. The number of aryl methyl sites for hydroxylation is 2. The highest BCUT2D eigenvalue weighted by molar-refractivity contribution is 5.40. The van der Waals surface area contributed by atoms with E-state index in [1.54, 1.807) is 19.2 Å². The molecular weight excluding hydrogens is 265 g/mol. The van der Waals surface area contributed by atoms with E-state index in [0.29, 0.717) is 17.7 Å². The van der Waals surface area contributed by atoms with Crippen LogP contribution in [0.4, 0.5) is 4.39 Å². The molecule has 0 aliphatic heterocycles. The van der Waals surface area contributed by atoms with Gasteiger partial charge in [-0.2, -0.15) is 0 Å². The van der Waals surface area contributed by atoms with Crippen LogP contribution < -0.4 is 10.5 Å². The molecule has 3 rings (SSSR count). The minimum absolute atomic E-state index is 0.303. The average molecular weight is 285 g/mol. The van der Waals surface area contributed by atoms with E-state index in [2.05, 4.69) is 18.2 Å². The van der Waals surface area contributed by atoms with Crippen molar-refractivity contribution in [3.63, 3.8) is 0 Å². The first-order valence-corrected chi connectivity index (χ1v) is 7.37. The Bertz CT molecular complexity index is 654. The van der Waals surface area contributed by atoms with Gasteiger partial charge < -0.3 is 10.5 Å². The van der Waals surface area contributed by atoms with Gasteiger partial charge in [-0.15, -0.1) is 0 Å². The Labute approximate surface area is 124 Å². The van der Waals surface area contributed by atoms with E-state index in [1.165, 1.54) is 30.0 Å². The predicted molar refractivity (Wildman–Crippen MR) is 82.1 cm³/mol. The van der Waals surface area contributed by atoms with Crippen molar-refractivity contribution in [3.05, 3.63) is 64.5 Å². The van der Waals surface area contributed by atoms with Gasteiger partial charge in [-0.3, -0.25) is 0 Å². The Kier molecular flexibility index (Phi) is 3.93. The number of hydrogen-bond donors (Lipinski definition) is 1. The van der Waals surface area contributed by atoms with Crippen LogP contribution >= 0.6 is 0 Å². The molecule has 0 bridgehead atoms. The fourth-order valence-corrected chi connectivity index (χ4v) is 3.16. The molecule has 1 unspecified atom stereocenters. The van der Waals surface area contributed by atoms with Crippen LogP contribution in [0.1, 0.15) is 34.7 Å². The lowest BCUT2D eigenvalue weighted by Crippen LogP contribution is -2.16. The van der Waals surface area contributed by atoms with Crippen molar-refractivity contribution >= 4 is 0 Å². The van der Waals surface area contributed by atoms with E-state index in [9.17, 15) is 4.39 Å². The first kappa shape index (κ1) is 14.1. The molecule has 0 spiro atoms. The number of rotatable bonds is 4. The molecule has 1 aliphatic rings. The summed E-state index contributed by atoms with van der Waals surface area (Å²) in [5.74, 6) is 0.215. The van der Waals surface area contributed by atoms with Gasteiger partial charge in [0.2, 0.25) is 0 Å². The van der Waals surface area contributed by atoms with Crippen LogP contribution in [0.25, 0.3) is 0 Å². The molecule has 2 nitrogen and oxygen atoms in total. The van der Waals surface area contributed by atoms with Crippen LogP contribution in [-0.2, 0) is 19.3 Å². The highest BCUT2D eigenvalue weighted by Gasteiger charge is 2.18. The van der Waals surface area contributed by atoms with E-state index in [-0.39, 0.29) is 5.82 Å². The number of methoxy groups -OCH3 is 1. The molecule has 2 aromatic carbocycles. The Hall–Kier alpha value is -1.87. The molecule has 2 aromatic rings. The zero-order chi connectivity index (χ0) is 14.8. The Morgan fingerprint density at radius 1 is 1.19 bits per heavy atom. The number of ether oxygens (including phenoxy) is 1. The second kappa shape index (κ2) is 5.86. The van der Waals surface area contributed by atoms with Gasteiger partial charge in [0.15, 0.2) is 0 Å². The third kappa shape index (κ3) is 2.79. The number of hydrogen-bond acceptors (Lipinski definition) is 2. The van der Waals surface area contributed by atoms with Crippen molar-refractivity contribution < 1.29 is 9.13 Å². The van der Waals surface area contributed by atoms with Crippen LogP contribution in [-0.4, -0.2) is 7.11 Å². The van der Waals surface area contributed by atoms with Crippen LogP contribution in [0.3, 0.4) is 0 Å². The van der Waals surface area contributed by atoms with Gasteiger partial charge >= 0.3 is 0 Å². The lowest BCUT2D eigenvalue weighted by molar-refractivity contribution is 0.399. The first-order chi connectivity index (χ1) is 10.2. The molecule has 1 atom stereocenters. The van der Waals surface area contributed by atoms with Gasteiger partial charge in [0.1, 0.15) is 11.6 Å². The summed E-state index contributed by atoms with van der Waals surface area (Å²) in [4.78, 5) is 0. The fraction of sp³-hybridized carbons (Fsp3) is 0.333. The summed E-state index contributed by atoms with van der Waals surface area (Å²) in [6.45, 7) is 0. The van der Waals surface area contributed by atoms with E-state index < -0.39 is 6.04 Å². The molecule has 3 heteroatoms.